The first kappa shape index (κ1) is 10.4. The number of aliphatic carboxylic acids is 1. The highest BCUT2D eigenvalue weighted by atomic mass is 16.5. The summed E-state index contributed by atoms with van der Waals surface area (Å²) < 4.78 is 5.06. The van der Waals surface area contributed by atoms with Gasteiger partial charge >= 0.3 is 5.97 Å². The van der Waals surface area contributed by atoms with Crippen molar-refractivity contribution in [3.8, 4) is 5.88 Å². The third-order valence-corrected chi connectivity index (χ3v) is 2.17. The number of aryl methyl sites for hydroxylation is 1. The number of carboxylic acids is 1. The summed E-state index contributed by atoms with van der Waals surface area (Å²) in [4.78, 5) is 10.4. The molecule has 16 heavy (non-hydrogen) atoms. The number of carboxylic acid groups (broad SMARTS) is 1. The SMILES string of the molecule is Cc1nnc(OCC(=O)O)c2ccccc12. The number of benzene rings is 1. The maximum Gasteiger partial charge on any atom is 0.341 e. The molecule has 0 saturated carbocycles. The molecule has 0 aliphatic rings. The molecule has 1 aromatic heterocycles. The van der Waals surface area contributed by atoms with Gasteiger partial charge in [-0.2, -0.15) is 5.10 Å². The van der Waals surface area contributed by atoms with Crippen molar-refractivity contribution in [3.05, 3.63) is 30.0 Å². The van der Waals surface area contributed by atoms with Gasteiger partial charge in [0.2, 0.25) is 5.88 Å². The molecular formula is C11H10N2O3. The summed E-state index contributed by atoms with van der Waals surface area (Å²) in [6.45, 7) is 1.43. The first-order valence-electron chi connectivity index (χ1n) is 4.75. The number of ether oxygens (including phenoxy) is 1. The van der Waals surface area contributed by atoms with E-state index in [2.05, 4.69) is 10.2 Å². The molecule has 2 aromatic rings. The van der Waals surface area contributed by atoms with Crippen LogP contribution < -0.4 is 4.74 Å². The molecule has 0 aliphatic carbocycles. The Hall–Kier alpha value is -2.17. The predicted molar refractivity (Wildman–Crippen MR) is 57.4 cm³/mol. The van der Waals surface area contributed by atoms with Crippen LogP contribution in [0.1, 0.15) is 5.69 Å². The summed E-state index contributed by atoms with van der Waals surface area (Å²) in [7, 11) is 0. The Morgan fingerprint density at radius 1 is 1.31 bits per heavy atom. The monoisotopic (exact) mass is 218 g/mol. The minimum atomic E-state index is -1.04. The number of hydrogen-bond donors (Lipinski definition) is 1. The van der Waals surface area contributed by atoms with Gasteiger partial charge in [-0.25, -0.2) is 4.79 Å². The zero-order valence-corrected chi connectivity index (χ0v) is 8.67. The lowest BCUT2D eigenvalue weighted by Gasteiger charge is -2.06. The highest BCUT2D eigenvalue weighted by molar-refractivity contribution is 5.88. The minimum Gasteiger partial charge on any atom is -0.479 e. The average molecular weight is 218 g/mol. The van der Waals surface area contributed by atoms with Crippen LogP contribution in [0, 0.1) is 6.92 Å². The Morgan fingerprint density at radius 2 is 2.00 bits per heavy atom. The number of aromatic nitrogens is 2. The fourth-order valence-corrected chi connectivity index (χ4v) is 1.45. The van der Waals surface area contributed by atoms with Crippen LogP contribution in [0.2, 0.25) is 0 Å². The summed E-state index contributed by atoms with van der Waals surface area (Å²) in [6, 6.07) is 7.45. The molecule has 0 atom stereocenters. The van der Waals surface area contributed by atoms with E-state index in [4.69, 9.17) is 9.84 Å². The second-order valence-electron chi connectivity index (χ2n) is 3.32. The van der Waals surface area contributed by atoms with Crippen molar-refractivity contribution in [2.75, 3.05) is 6.61 Å². The third-order valence-electron chi connectivity index (χ3n) is 2.17. The predicted octanol–water partition coefficient (Wildman–Crippen LogP) is 1.40. The number of carbonyl (C=O) groups is 1. The van der Waals surface area contributed by atoms with Crippen LogP contribution in [-0.2, 0) is 4.79 Å². The summed E-state index contributed by atoms with van der Waals surface area (Å²) in [5.41, 5.74) is 0.790. The van der Waals surface area contributed by atoms with Crippen LogP contribution in [0.3, 0.4) is 0 Å². The molecule has 0 spiro atoms. The largest absolute Gasteiger partial charge is 0.479 e. The molecule has 0 radical (unpaired) electrons. The highest BCUT2D eigenvalue weighted by Gasteiger charge is 2.08. The lowest BCUT2D eigenvalue weighted by atomic mass is 10.1. The summed E-state index contributed by atoms with van der Waals surface area (Å²) in [5, 5.41) is 18.0. The molecule has 5 heteroatoms. The van der Waals surface area contributed by atoms with Crippen molar-refractivity contribution in [2.45, 2.75) is 6.92 Å². The number of rotatable bonds is 3. The van der Waals surface area contributed by atoms with Crippen molar-refractivity contribution in [2.24, 2.45) is 0 Å². The maximum atomic E-state index is 10.4. The molecule has 0 unspecified atom stereocenters. The molecule has 82 valence electrons. The topological polar surface area (TPSA) is 72.3 Å². The van der Waals surface area contributed by atoms with Crippen molar-refractivity contribution < 1.29 is 14.6 Å². The van der Waals surface area contributed by atoms with Gasteiger partial charge in [0.15, 0.2) is 6.61 Å². The molecule has 1 N–H and O–H groups in total. The van der Waals surface area contributed by atoms with Crippen LogP contribution in [0.25, 0.3) is 10.8 Å². The van der Waals surface area contributed by atoms with Crippen LogP contribution in [0.4, 0.5) is 0 Å². The molecule has 5 nitrogen and oxygen atoms in total. The zero-order chi connectivity index (χ0) is 11.5. The maximum absolute atomic E-state index is 10.4. The summed E-state index contributed by atoms with van der Waals surface area (Å²) in [6.07, 6.45) is 0. The first-order valence-corrected chi connectivity index (χ1v) is 4.75. The number of hydrogen-bond acceptors (Lipinski definition) is 4. The molecule has 2 rings (SSSR count). The number of fused-ring (bicyclic) bond motifs is 1. The molecule has 0 saturated heterocycles. The fourth-order valence-electron chi connectivity index (χ4n) is 1.45. The van der Waals surface area contributed by atoms with Gasteiger partial charge in [-0.3, -0.25) is 0 Å². The van der Waals surface area contributed by atoms with Crippen molar-refractivity contribution in [3.63, 3.8) is 0 Å². The smallest absolute Gasteiger partial charge is 0.341 e. The van der Waals surface area contributed by atoms with Gasteiger partial charge in [-0.15, -0.1) is 5.10 Å². The summed E-state index contributed by atoms with van der Waals surface area (Å²) in [5.74, 6) is -0.782. The normalized spacial score (nSPS) is 10.3. The molecule has 1 heterocycles. The molecule has 1 aromatic carbocycles. The zero-order valence-electron chi connectivity index (χ0n) is 8.67. The van der Waals surface area contributed by atoms with Crippen LogP contribution in [-0.4, -0.2) is 27.9 Å². The van der Waals surface area contributed by atoms with E-state index in [1.165, 1.54) is 0 Å². The van der Waals surface area contributed by atoms with E-state index >= 15 is 0 Å². The van der Waals surface area contributed by atoms with Gasteiger partial charge in [0.1, 0.15) is 0 Å². The van der Waals surface area contributed by atoms with Crippen molar-refractivity contribution in [1.29, 1.82) is 0 Å². The van der Waals surface area contributed by atoms with E-state index in [1.807, 2.05) is 31.2 Å². The van der Waals surface area contributed by atoms with Crippen LogP contribution in [0.15, 0.2) is 24.3 Å². The second-order valence-corrected chi connectivity index (χ2v) is 3.32. The van der Waals surface area contributed by atoms with E-state index in [0.717, 1.165) is 16.5 Å². The van der Waals surface area contributed by atoms with Crippen LogP contribution in [0.5, 0.6) is 5.88 Å². The van der Waals surface area contributed by atoms with E-state index in [9.17, 15) is 4.79 Å². The fraction of sp³-hybridized carbons (Fsp3) is 0.182. The standard InChI is InChI=1S/C11H10N2O3/c1-7-8-4-2-3-5-9(8)11(13-12-7)16-6-10(14)15/h2-5H,6H2,1H3,(H,14,15). The quantitative estimate of drug-likeness (QED) is 0.843. The van der Waals surface area contributed by atoms with Gasteiger partial charge in [0, 0.05) is 10.8 Å². The highest BCUT2D eigenvalue weighted by Crippen LogP contribution is 2.23. The summed E-state index contributed by atoms with van der Waals surface area (Å²) >= 11 is 0. The Balaban J connectivity index is 2.46. The van der Waals surface area contributed by atoms with Crippen LogP contribution >= 0.6 is 0 Å². The molecule has 0 fully saturated rings. The number of nitrogens with zero attached hydrogens (tertiary/aromatic N) is 2. The lowest BCUT2D eigenvalue weighted by Crippen LogP contribution is -2.11. The third kappa shape index (κ3) is 1.93. The van der Waals surface area contributed by atoms with Gasteiger partial charge in [-0.1, -0.05) is 18.2 Å². The minimum absolute atomic E-state index is 0.253. The van der Waals surface area contributed by atoms with Gasteiger partial charge in [0.25, 0.3) is 0 Å². The first-order chi connectivity index (χ1) is 7.68. The molecule has 0 amide bonds. The van der Waals surface area contributed by atoms with E-state index in [-0.39, 0.29) is 5.88 Å². The molecule has 0 bridgehead atoms. The van der Waals surface area contributed by atoms with E-state index in [1.54, 1.807) is 0 Å². The lowest BCUT2D eigenvalue weighted by molar-refractivity contribution is -0.139. The van der Waals surface area contributed by atoms with Crippen molar-refractivity contribution >= 4 is 16.7 Å². The second kappa shape index (κ2) is 4.14. The Morgan fingerprint density at radius 3 is 2.69 bits per heavy atom. The Labute approximate surface area is 91.7 Å². The molecular weight excluding hydrogens is 208 g/mol. The Bertz CT molecular complexity index is 540. The van der Waals surface area contributed by atoms with Crippen molar-refractivity contribution in [1.82, 2.24) is 10.2 Å². The molecule has 0 aliphatic heterocycles. The van der Waals surface area contributed by atoms with Gasteiger partial charge in [-0.05, 0) is 13.0 Å². The van der Waals surface area contributed by atoms with E-state index in [0.29, 0.717) is 0 Å². The Kier molecular flexibility index (Phi) is 2.68. The average Bonchev–Trinajstić information content (AvgIpc) is 2.28. The van der Waals surface area contributed by atoms with Gasteiger partial charge < -0.3 is 9.84 Å². The van der Waals surface area contributed by atoms with Gasteiger partial charge in [0.05, 0.1) is 5.69 Å². The van der Waals surface area contributed by atoms with E-state index < -0.39 is 12.6 Å².